The van der Waals surface area contributed by atoms with Gasteiger partial charge in [-0.25, -0.2) is 9.59 Å². The first-order valence-corrected chi connectivity index (χ1v) is 15.6. The van der Waals surface area contributed by atoms with E-state index in [9.17, 15) is 9.59 Å². The second kappa shape index (κ2) is 12.0. The van der Waals surface area contributed by atoms with Crippen LogP contribution in [0.5, 0.6) is 0 Å². The normalized spacial score (nSPS) is 34.1. The Morgan fingerprint density at radius 2 is 1.10 bits per heavy atom. The van der Waals surface area contributed by atoms with Gasteiger partial charge in [-0.2, -0.15) is 0 Å². The number of fused-ring (bicyclic) bond motifs is 2. The lowest BCUT2D eigenvalue weighted by Gasteiger charge is -2.39. The van der Waals surface area contributed by atoms with Gasteiger partial charge in [0.15, 0.2) is 0 Å². The van der Waals surface area contributed by atoms with Crippen molar-refractivity contribution in [3.05, 3.63) is 59.8 Å². The number of hydrogen-bond acceptors (Lipinski definition) is 4. The molecule has 0 amide bonds. The Balaban J connectivity index is 1.71. The Bertz CT molecular complexity index is 990. The monoisotopic (exact) mass is 534 g/mol. The van der Waals surface area contributed by atoms with Gasteiger partial charge in [0, 0.05) is 11.8 Å². The quantitative estimate of drug-likeness (QED) is 0.235. The maximum atomic E-state index is 14.2. The second-order valence-electron chi connectivity index (χ2n) is 12.8. The third kappa shape index (κ3) is 5.37. The number of allylic oxidation sites excluding steroid dienone is 4. The van der Waals surface area contributed by atoms with Gasteiger partial charge in [0.2, 0.25) is 0 Å². The Hall–Kier alpha value is -2.36. The van der Waals surface area contributed by atoms with Crippen LogP contribution in [0.4, 0.5) is 0 Å². The van der Waals surface area contributed by atoms with Crippen molar-refractivity contribution in [1.82, 2.24) is 0 Å². The standard InChI is InChI=1S/C35H50O4/c1-7-15-25-17-11-13-23-34(25,21-9-3)38-31(36)29-27-19-20-28(33(27,5)6)30(29)32(37)39-35(22-10-4)24-14-12-18-26(35)16-8-2/h11-14,17-18,23-28H,7-10,15-16,19-22H2,1-6H3. The van der Waals surface area contributed by atoms with Crippen molar-refractivity contribution >= 4 is 11.9 Å². The summed E-state index contributed by atoms with van der Waals surface area (Å²) in [5.41, 5.74) is -0.337. The molecule has 2 bridgehead atoms. The maximum Gasteiger partial charge on any atom is 0.335 e. The number of rotatable bonds is 12. The largest absolute Gasteiger partial charge is 0.451 e. The number of carbonyl (C=O) groups is 2. The third-order valence-corrected chi connectivity index (χ3v) is 9.93. The van der Waals surface area contributed by atoms with Crippen molar-refractivity contribution in [2.75, 3.05) is 0 Å². The smallest absolute Gasteiger partial charge is 0.335 e. The van der Waals surface area contributed by atoms with E-state index in [0.717, 1.165) is 64.2 Å². The van der Waals surface area contributed by atoms with Gasteiger partial charge in [0.05, 0.1) is 11.1 Å². The molecule has 1 fully saturated rings. The van der Waals surface area contributed by atoms with Crippen LogP contribution in [0.2, 0.25) is 0 Å². The molecule has 6 unspecified atom stereocenters. The van der Waals surface area contributed by atoms with Crippen molar-refractivity contribution < 1.29 is 19.1 Å². The molecule has 0 radical (unpaired) electrons. The Morgan fingerprint density at radius 3 is 1.46 bits per heavy atom. The molecule has 6 atom stereocenters. The fourth-order valence-electron chi connectivity index (χ4n) is 8.04. The number of ether oxygens (including phenoxy) is 2. The number of carbonyl (C=O) groups excluding carboxylic acids is 2. The summed E-state index contributed by atoms with van der Waals surface area (Å²) in [5.74, 6) is -0.323. The lowest BCUT2D eigenvalue weighted by atomic mass is 9.77. The highest BCUT2D eigenvalue weighted by atomic mass is 16.6. The summed E-state index contributed by atoms with van der Waals surface area (Å²) in [6.07, 6.45) is 25.8. The summed E-state index contributed by atoms with van der Waals surface area (Å²) in [5, 5.41) is 0. The zero-order valence-electron chi connectivity index (χ0n) is 25.1. The highest BCUT2D eigenvalue weighted by molar-refractivity contribution is 6.03. The van der Waals surface area contributed by atoms with E-state index in [4.69, 9.17) is 9.47 Å². The van der Waals surface area contributed by atoms with Gasteiger partial charge >= 0.3 is 11.9 Å². The molecule has 4 rings (SSSR count). The maximum absolute atomic E-state index is 14.2. The molecule has 4 heteroatoms. The minimum absolute atomic E-state index is 0.0133. The van der Waals surface area contributed by atoms with Gasteiger partial charge in [-0.3, -0.25) is 0 Å². The fraction of sp³-hybridized carbons (Fsp3) is 0.657. The van der Waals surface area contributed by atoms with E-state index >= 15 is 0 Å². The lowest BCUT2D eigenvalue weighted by molar-refractivity contribution is -0.159. The van der Waals surface area contributed by atoms with Crippen LogP contribution in [0.15, 0.2) is 59.8 Å². The van der Waals surface area contributed by atoms with Crippen molar-refractivity contribution in [3.63, 3.8) is 0 Å². The molecule has 4 aliphatic rings. The highest BCUT2D eigenvalue weighted by Gasteiger charge is 2.58. The Kier molecular flexibility index (Phi) is 9.13. The first kappa shape index (κ1) is 29.6. The predicted molar refractivity (Wildman–Crippen MR) is 158 cm³/mol. The Morgan fingerprint density at radius 1 is 0.692 bits per heavy atom. The summed E-state index contributed by atoms with van der Waals surface area (Å²) < 4.78 is 13.1. The van der Waals surface area contributed by atoms with Crippen LogP contribution < -0.4 is 0 Å². The van der Waals surface area contributed by atoms with E-state index in [0.29, 0.717) is 11.1 Å². The molecule has 0 aliphatic heterocycles. The highest BCUT2D eigenvalue weighted by Crippen LogP contribution is 2.61. The Labute approximate surface area is 236 Å². The van der Waals surface area contributed by atoms with Gasteiger partial charge in [0.25, 0.3) is 0 Å². The molecule has 0 aromatic heterocycles. The minimum Gasteiger partial charge on any atom is -0.451 e. The van der Waals surface area contributed by atoms with E-state index in [1.807, 2.05) is 12.2 Å². The van der Waals surface area contributed by atoms with E-state index in [-0.39, 0.29) is 41.0 Å². The van der Waals surface area contributed by atoms with Crippen LogP contribution in [0.3, 0.4) is 0 Å². The fourth-order valence-corrected chi connectivity index (χ4v) is 8.04. The molecule has 0 aromatic rings. The molecule has 4 nitrogen and oxygen atoms in total. The van der Waals surface area contributed by atoms with Gasteiger partial charge in [0.1, 0.15) is 11.2 Å². The zero-order valence-corrected chi connectivity index (χ0v) is 25.1. The molecular formula is C35H50O4. The molecule has 0 N–H and O–H groups in total. The van der Waals surface area contributed by atoms with Gasteiger partial charge in [-0.1, -0.05) is 104 Å². The van der Waals surface area contributed by atoms with E-state index in [1.54, 1.807) is 0 Å². The molecule has 1 saturated carbocycles. The minimum atomic E-state index is -0.670. The number of esters is 2. The molecule has 214 valence electrons. The summed E-state index contributed by atoms with van der Waals surface area (Å²) in [7, 11) is 0. The van der Waals surface area contributed by atoms with Gasteiger partial charge in [-0.15, -0.1) is 0 Å². The van der Waals surface area contributed by atoms with Gasteiger partial charge in [-0.05, 0) is 67.9 Å². The molecule has 0 spiro atoms. The summed E-state index contributed by atoms with van der Waals surface area (Å²) in [6.45, 7) is 13.0. The molecule has 0 heterocycles. The molecule has 0 saturated heterocycles. The SMILES string of the molecule is CCCC1C=CC=CC1(CCC)OC(=O)C1=C(C(=O)OC2(CCC)C=CC=CC2CCC)C2CCC1C2(C)C. The first-order chi connectivity index (χ1) is 18.7. The lowest BCUT2D eigenvalue weighted by Crippen LogP contribution is -2.43. The van der Waals surface area contributed by atoms with Crippen LogP contribution in [0, 0.1) is 29.1 Å². The van der Waals surface area contributed by atoms with Crippen LogP contribution in [0.25, 0.3) is 0 Å². The van der Waals surface area contributed by atoms with E-state index in [1.165, 1.54) is 0 Å². The number of hydrogen-bond donors (Lipinski definition) is 0. The van der Waals surface area contributed by atoms with Crippen LogP contribution in [-0.4, -0.2) is 23.1 Å². The third-order valence-electron chi connectivity index (χ3n) is 9.93. The van der Waals surface area contributed by atoms with E-state index in [2.05, 4.69) is 78.0 Å². The molecular weight excluding hydrogens is 484 g/mol. The van der Waals surface area contributed by atoms with Gasteiger partial charge < -0.3 is 9.47 Å². The summed E-state index contributed by atoms with van der Waals surface area (Å²) in [6, 6.07) is 0. The van der Waals surface area contributed by atoms with Crippen molar-refractivity contribution in [3.8, 4) is 0 Å². The van der Waals surface area contributed by atoms with Crippen LogP contribution in [-0.2, 0) is 19.1 Å². The van der Waals surface area contributed by atoms with Crippen molar-refractivity contribution in [2.45, 2.75) is 117 Å². The summed E-state index contributed by atoms with van der Waals surface area (Å²) in [4.78, 5) is 28.5. The van der Waals surface area contributed by atoms with Crippen molar-refractivity contribution in [2.24, 2.45) is 29.1 Å². The average molecular weight is 535 g/mol. The van der Waals surface area contributed by atoms with E-state index < -0.39 is 11.2 Å². The molecule has 4 aliphatic carbocycles. The topological polar surface area (TPSA) is 52.6 Å². The predicted octanol–water partition coefficient (Wildman–Crippen LogP) is 8.60. The average Bonchev–Trinajstić information content (AvgIpc) is 3.32. The zero-order chi connectivity index (χ0) is 28.3. The second-order valence-corrected chi connectivity index (χ2v) is 12.8. The molecule has 39 heavy (non-hydrogen) atoms. The molecule has 0 aromatic carbocycles. The van der Waals surface area contributed by atoms with Crippen LogP contribution >= 0.6 is 0 Å². The van der Waals surface area contributed by atoms with Crippen LogP contribution in [0.1, 0.15) is 106 Å². The summed E-state index contributed by atoms with van der Waals surface area (Å²) >= 11 is 0. The first-order valence-electron chi connectivity index (χ1n) is 15.6. The van der Waals surface area contributed by atoms with Crippen molar-refractivity contribution in [1.29, 1.82) is 0 Å².